The lowest BCUT2D eigenvalue weighted by atomic mass is 9.96. The van der Waals surface area contributed by atoms with Gasteiger partial charge in [-0.05, 0) is 37.0 Å². The fraction of sp³-hybridized carbons (Fsp3) is 0.600. The Kier molecular flexibility index (Phi) is 9.03. The van der Waals surface area contributed by atoms with Crippen molar-refractivity contribution < 1.29 is 28.5 Å². The number of hydrogen-bond acceptors (Lipinski definition) is 6. The average Bonchev–Trinajstić information content (AvgIpc) is 2.74. The lowest BCUT2D eigenvalue weighted by Crippen LogP contribution is -2.43. The number of carbonyl (C=O) groups excluding carboxylic acids is 2. The number of nitrogens with one attached hydrogen (secondary N) is 1. The van der Waals surface area contributed by atoms with Gasteiger partial charge in [0.25, 0.3) is 5.91 Å². The van der Waals surface area contributed by atoms with Crippen LogP contribution in [0.3, 0.4) is 0 Å². The molecule has 1 aliphatic heterocycles. The van der Waals surface area contributed by atoms with Crippen LogP contribution < -0.4 is 14.8 Å². The fourth-order valence-electron chi connectivity index (χ4n) is 3.10. The van der Waals surface area contributed by atoms with Gasteiger partial charge in [-0.15, -0.1) is 0 Å². The molecule has 1 aromatic carbocycles. The Balaban J connectivity index is 1.73. The summed E-state index contributed by atoms with van der Waals surface area (Å²) < 4.78 is 20.6. The Morgan fingerprint density at radius 3 is 2.43 bits per heavy atom. The number of piperidine rings is 1. The second kappa shape index (κ2) is 11.5. The maximum absolute atomic E-state index is 12.4. The summed E-state index contributed by atoms with van der Waals surface area (Å²) in [5, 5.41) is 2.97. The maximum atomic E-state index is 12.4. The third-order valence-corrected chi connectivity index (χ3v) is 4.82. The highest BCUT2D eigenvalue weighted by Crippen LogP contribution is 2.27. The highest BCUT2D eigenvalue weighted by atomic mass is 16.5. The first-order chi connectivity index (χ1) is 13.6. The summed E-state index contributed by atoms with van der Waals surface area (Å²) in [6.07, 6.45) is 1.71. The van der Waals surface area contributed by atoms with Crippen molar-refractivity contribution in [2.75, 3.05) is 60.8 Å². The van der Waals surface area contributed by atoms with Crippen molar-refractivity contribution in [3.05, 3.63) is 23.8 Å². The van der Waals surface area contributed by atoms with Gasteiger partial charge in [-0.25, -0.2) is 0 Å². The van der Waals surface area contributed by atoms with E-state index in [0.717, 1.165) is 12.8 Å². The third kappa shape index (κ3) is 6.38. The standard InChI is InChI=1S/C20H30N2O6/c1-25-10-11-28-14-19(23)22-8-6-15(7-9-22)13-21-20(24)16-4-5-17(26-2)18(12-16)27-3/h4-5,12,15H,6-11,13-14H2,1-3H3,(H,21,24). The van der Waals surface area contributed by atoms with Gasteiger partial charge in [-0.3, -0.25) is 9.59 Å². The molecule has 1 saturated heterocycles. The summed E-state index contributed by atoms with van der Waals surface area (Å²) in [5.41, 5.74) is 0.526. The van der Waals surface area contributed by atoms with Crippen molar-refractivity contribution in [3.8, 4) is 11.5 Å². The number of carbonyl (C=O) groups is 2. The van der Waals surface area contributed by atoms with Gasteiger partial charge in [0.2, 0.25) is 5.91 Å². The summed E-state index contributed by atoms with van der Waals surface area (Å²) in [7, 11) is 4.69. The van der Waals surface area contributed by atoms with Crippen LogP contribution >= 0.6 is 0 Å². The number of hydrogen-bond donors (Lipinski definition) is 1. The molecule has 0 saturated carbocycles. The second-order valence-electron chi connectivity index (χ2n) is 6.65. The molecule has 0 aliphatic carbocycles. The van der Waals surface area contributed by atoms with E-state index in [9.17, 15) is 9.59 Å². The Bertz CT molecular complexity index is 644. The molecule has 0 atom stereocenters. The first-order valence-electron chi connectivity index (χ1n) is 9.43. The topological polar surface area (TPSA) is 86.3 Å². The van der Waals surface area contributed by atoms with Crippen molar-refractivity contribution in [2.24, 2.45) is 5.92 Å². The largest absolute Gasteiger partial charge is 0.493 e. The monoisotopic (exact) mass is 394 g/mol. The van der Waals surface area contributed by atoms with E-state index < -0.39 is 0 Å². The molecule has 0 spiro atoms. The van der Waals surface area contributed by atoms with Gasteiger partial charge in [0.05, 0.1) is 27.4 Å². The molecule has 8 heteroatoms. The van der Waals surface area contributed by atoms with Crippen LogP contribution in [0, 0.1) is 5.92 Å². The van der Waals surface area contributed by atoms with E-state index in [1.165, 1.54) is 7.11 Å². The molecule has 2 amide bonds. The van der Waals surface area contributed by atoms with E-state index in [-0.39, 0.29) is 18.4 Å². The zero-order valence-corrected chi connectivity index (χ0v) is 16.9. The van der Waals surface area contributed by atoms with Gasteiger partial charge in [-0.2, -0.15) is 0 Å². The van der Waals surface area contributed by atoms with E-state index >= 15 is 0 Å². The number of methoxy groups -OCH3 is 3. The van der Waals surface area contributed by atoms with Gasteiger partial charge in [0.1, 0.15) is 6.61 Å². The molecule has 1 fully saturated rings. The fourth-order valence-corrected chi connectivity index (χ4v) is 3.10. The van der Waals surface area contributed by atoms with E-state index in [2.05, 4.69) is 5.32 Å². The molecular weight excluding hydrogens is 364 g/mol. The number of ether oxygens (including phenoxy) is 4. The minimum Gasteiger partial charge on any atom is -0.493 e. The van der Waals surface area contributed by atoms with Crippen LogP contribution in [0.1, 0.15) is 23.2 Å². The average molecular weight is 394 g/mol. The molecule has 0 unspecified atom stereocenters. The van der Waals surface area contributed by atoms with Crippen LogP contribution in [-0.4, -0.2) is 77.5 Å². The number of rotatable bonds is 10. The molecule has 1 N–H and O–H groups in total. The van der Waals surface area contributed by atoms with Crippen molar-refractivity contribution in [1.29, 1.82) is 0 Å². The summed E-state index contributed by atoms with van der Waals surface area (Å²) in [6.45, 7) is 2.94. The maximum Gasteiger partial charge on any atom is 0.251 e. The molecule has 0 bridgehead atoms. The third-order valence-electron chi connectivity index (χ3n) is 4.82. The molecule has 1 aromatic rings. The normalized spacial score (nSPS) is 14.6. The Morgan fingerprint density at radius 2 is 1.79 bits per heavy atom. The summed E-state index contributed by atoms with van der Waals surface area (Å²) in [6, 6.07) is 5.09. The predicted octanol–water partition coefficient (Wildman–Crippen LogP) is 1.34. The predicted molar refractivity (Wildman–Crippen MR) is 104 cm³/mol. The Morgan fingerprint density at radius 1 is 1.07 bits per heavy atom. The number of likely N-dealkylation sites (tertiary alicyclic amines) is 1. The smallest absolute Gasteiger partial charge is 0.251 e. The summed E-state index contributed by atoms with van der Waals surface area (Å²) in [4.78, 5) is 26.3. The van der Waals surface area contributed by atoms with Gasteiger partial charge in [-0.1, -0.05) is 0 Å². The molecule has 0 aromatic heterocycles. The Hall–Kier alpha value is -2.32. The highest BCUT2D eigenvalue weighted by molar-refractivity contribution is 5.94. The second-order valence-corrected chi connectivity index (χ2v) is 6.65. The minimum absolute atomic E-state index is 0.00363. The first kappa shape index (κ1) is 22.0. The van der Waals surface area contributed by atoms with E-state index in [1.54, 1.807) is 32.4 Å². The molecule has 28 heavy (non-hydrogen) atoms. The van der Waals surface area contributed by atoms with Gasteiger partial charge >= 0.3 is 0 Å². The van der Waals surface area contributed by atoms with Crippen LogP contribution in [0.2, 0.25) is 0 Å². The van der Waals surface area contributed by atoms with Gasteiger partial charge in [0.15, 0.2) is 11.5 Å². The molecular formula is C20H30N2O6. The Labute approximate surface area is 166 Å². The summed E-state index contributed by atoms with van der Waals surface area (Å²) >= 11 is 0. The number of amides is 2. The SMILES string of the molecule is COCCOCC(=O)N1CCC(CNC(=O)c2ccc(OC)c(OC)c2)CC1. The molecule has 0 radical (unpaired) electrons. The first-order valence-corrected chi connectivity index (χ1v) is 9.43. The molecule has 1 heterocycles. The van der Waals surface area contributed by atoms with Crippen molar-refractivity contribution in [3.63, 3.8) is 0 Å². The van der Waals surface area contributed by atoms with Crippen LogP contribution in [0.25, 0.3) is 0 Å². The zero-order valence-electron chi connectivity index (χ0n) is 16.9. The zero-order chi connectivity index (χ0) is 20.4. The van der Waals surface area contributed by atoms with Crippen molar-refractivity contribution >= 4 is 11.8 Å². The lowest BCUT2D eigenvalue weighted by molar-refractivity contribution is -0.137. The highest BCUT2D eigenvalue weighted by Gasteiger charge is 2.23. The van der Waals surface area contributed by atoms with Crippen molar-refractivity contribution in [2.45, 2.75) is 12.8 Å². The lowest BCUT2D eigenvalue weighted by Gasteiger charge is -2.32. The molecule has 156 valence electrons. The van der Waals surface area contributed by atoms with Gasteiger partial charge < -0.3 is 29.2 Å². The molecule has 8 nitrogen and oxygen atoms in total. The minimum atomic E-state index is -0.147. The van der Waals surface area contributed by atoms with Crippen molar-refractivity contribution in [1.82, 2.24) is 10.2 Å². The van der Waals surface area contributed by atoms with E-state index in [1.807, 2.05) is 4.90 Å². The van der Waals surface area contributed by atoms with Crippen LogP contribution in [-0.2, 0) is 14.3 Å². The van der Waals surface area contributed by atoms with E-state index in [0.29, 0.717) is 55.8 Å². The number of nitrogens with zero attached hydrogens (tertiary/aromatic N) is 1. The molecule has 1 aliphatic rings. The van der Waals surface area contributed by atoms with Gasteiger partial charge in [0, 0.05) is 32.3 Å². The van der Waals surface area contributed by atoms with Crippen LogP contribution in [0.4, 0.5) is 0 Å². The van der Waals surface area contributed by atoms with Crippen LogP contribution in [0.15, 0.2) is 18.2 Å². The number of benzene rings is 1. The van der Waals surface area contributed by atoms with Crippen LogP contribution in [0.5, 0.6) is 11.5 Å². The summed E-state index contributed by atoms with van der Waals surface area (Å²) in [5.74, 6) is 1.31. The quantitative estimate of drug-likeness (QED) is 0.603. The molecule has 2 rings (SSSR count). The van der Waals surface area contributed by atoms with E-state index in [4.69, 9.17) is 18.9 Å².